The summed E-state index contributed by atoms with van der Waals surface area (Å²) in [6.07, 6.45) is -4.60. The summed E-state index contributed by atoms with van der Waals surface area (Å²) in [5.74, 6) is -1.89. The molecule has 3 rings (SSSR count). The van der Waals surface area contributed by atoms with Crippen LogP contribution in [-0.4, -0.2) is 69.8 Å². The number of nitrogens with zero attached hydrogens (tertiary/aromatic N) is 2. The summed E-state index contributed by atoms with van der Waals surface area (Å²) < 4.78 is 22.2. The van der Waals surface area contributed by atoms with E-state index < -0.39 is 60.5 Å². The molecular formula is C18H24N4O10. The van der Waals surface area contributed by atoms with Crippen LogP contribution in [0.5, 0.6) is 0 Å². The van der Waals surface area contributed by atoms with Crippen molar-refractivity contribution in [3.8, 4) is 0 Å². The Labute approximate surface area is 181 Å². The molecule has 0 amide bonds. The second-order valence-electron chi connectivity index (χ2n) is 7.56. The van der Waals surface area contributed by atoms with Crippen LogP contribution in [0.1, 0.15) is 27.0 Å². The average Bonchev–Trinajstić information content (AvgIpc) is 3.27. The molecule has 1 aromatic rings. The van der Waals surface area contributed by atoms with Gasteiger partial charge in [0, 0.05) is 12.3 Å². The zero-order valence-corrected chi connectivity index (χ0v) is 17.5. The molecule has 14 heteroatoms. The molecule has 0 aliphatic carbocycles. The van der Waals surface area contributed by atoms with E-state index in [4.69, 9.17) is 29.5 Å². The van der Waals surface area contributed by atoms with Gasteiger partial charge < -0.3 is 34.6 Å². The quantitative estimate of drug-likeness (QED) is 0.241. The number of carbonyl (C=O) groups excluding carboxylic acids is 3. The molecular weight excluding hydrogens is 432 g/mol. The molecule has 6 atom stereocenters. The second kappa shape index (κ2) is 9.50. The van der Waals surface area contributed by atoms with Crippen molar-refractivity contribution >= 4 is 23.9 Å². The monoisotopic (exact) mass is 456 g/mol. The maximum absolute atomic E-state index is 12.5. The second-order valence-corrected chi connectivity index (χ2v) is 7.56. The Morgan fingerprint density at radius 3 is 2.56 bits per heavy atom. The summed E-state index contributed by atoms with van der Waals surface area (Å²) in [6, 6.07) is 0.00972. The van der Waals surface area contributed by atoms with Gasteiger partial charge in [-0.1, -0.05) is 13.8 Å². The van der Waals surface area contributed by atoms with Crippen molar-refractivity contribution in [1.82, 2.24) is 9.55 Å². The van der Waals surface area contributed by atoms with Gasteiger partial charge in [-0.2, -0.15) is 4.98 Å². The molecule has 0 radical (unpaired) electrons. The Morgan fingerprint density at radius 1 is 1.25 bits per heavy atom. The van der Waals surface area contributed by atoms with Crippen LogP contribution in [0.25, 0.3) is 0 Å². The Balaban J connectivity index is 1.70. The molecule has 0 aromatic carbocycles. The minimum Gasteiger partial charge on any atom is -0.463 e. The molecule has 1 unspecified atom stereocenters. The number of aliphatic hydroxyl groups is 1. The summed E-state index contributed by atoms with van der Waals surface area (Å²) in [7, 11) is 0. The lowest BCUT2D eigenvalue weighted by Gasteiger charge is -2.19. The lowest BCUT2D eigenvalue weighted by molar-refractivity contribution is -0.154. The van der Waals surface area contributed by atoms with Crippen molar-refractivity contribution in [1.29, 1.82) is 0 Å². The van der Waals surface area contributed by atoms with Crippen LogP contribution in [-0.2, 0) is 33.4 Å². The van der Waals surface area contributed by atoms with E-state index in [9.17, 15) is 24.3 Å². The van der Waals surface area contributed by atoms with Crippen molar-refractivity contribution in [2.24, 2.45) is 11.7 Å². The maximum Gasteiger partial charge on any atom is 0.509 e. The Hall–Kier alpha value is -3.23. The number of nitrogens with two attached hydrogens (primary N) is 1. The van der Waals surface area contributed by atoms with E-state index in [0.717, 1.165) is 4.57 Å². The van der Waals surface area contributed by atoms with Gasteiger partial charge in [0.15, 0.2) is 24.3 Å². The number of hydrogen-bond donors (Lipinski definition) is 3. The van der Waals surface area contributed by atoms with Gasteiger partial charge in [0.1, 0.15) is 18.8 Å². The van der Waals surface area contributed by atoms with Crippen LogP contribution in [0.2, 0.25) is 0 Å². The first-order valence-electron chi connectivity index (χ1n) is 9.77. The molecule has 2 aliphatic heterocycles. The number of ether oxygens (including phenoxy) is 4. The lowest BCUT2D eigenvalue weighted by atomic mass is 10.1. The maximum atomic E-state index is 12.5. The van der Waals surface area contributed by atoms with Crippen LogP contribution >= 0.6 is 0 Å². The molecule has 176 valence electrons. The number of fused-ring (bicyclic) bond motifs is 1. The third-order valence-corrected chi connectivity index (χ3v) is 4.76. The number of aliphatic hydroxyl groups excluding tert-OH is 1. The zero-order chi connectivity index (χ0) is 23.6. The summed E-state index contributed by atoms with van der Waals surface area (Å²) in [5.41, 5.74) is 6.79. The normalized spacial score (nSPS) is 26.0. The van der Waals surface area contributed by atoms with Crippen molar-refractivity contribution < 1.29 is 43.3 Å². The van der Waals surface area contributed by atoms with Gasteiger partial charge in [-0.05, 0) is 6.92 Å². The largest absolute Gasteiger partial charge is 0.509 e. The molecule has 2 saturated heterocycles. The summed E-state index contributed by atoms with van der Waals surface area (Å²) in [4.78, 5) is 55.9. The van der Waals surface area contributed by atoms with Crippen molar-refractivity contribution in [2.75, 3.05) is 12.1 Å². The van der Waals surface area contributed by atoms with E-state index in [0.29, 0.717) is 0 Å². The Kier molecular flexibility index (Phi) is 6.96. The van der Waals surface area contributed by atoms with Gasteiger partial charge in [0.25, 0.3) is 0 Å². The van der Waals surface area contributed by atoms with Crippen LogP contribution < -0.4 is 16.9 Å². The fourth-order valence-corrected chi connectivity index (χ4v) is 2.95. The van der Waals surface area contributed by atoms with E-state index >= 15 is 0 Å². The van der Waals surface area contributed by atoms with Crippen molar-refractivity contribution in [3.63, 3.8) is 0 Å². The predicted octanol–water partition coefficient (Wildman–Crippen LogP) is -1.18. The van der Waals surface area contributed by atoms with Crippen LogP contribution in [0, 0.1) is 5.92 Å². The highest BCUT2D eigenvalue weighted by molar-refractivity contribution is 5.76. The summed E-state index contributed by atoms with van der Waals surface area (Å²) in [5, 5.41) is 9.29. The highest BCUT2D eigenvalue weighted by Gasteiger charge is 2.55. The van der Waals surface area contributed by atoms with Crippen LogP contribution in [0.4, 0.5) is 10.6 Å². The van der Waals surface area contributed by atoms with Crippen molar-refractivity contribution in [3.05, 3.63) is 22.7 Å². The summed E-state index contributed by atoms with van der Waals surface area (Å²) in [6.45, 7) is 4.44. The van der Waals surface area contributed by atoms with Gasteiger partial charge in [0.2, 0.25) is 0 Å². The molecule has 0 spiro atoms. The third-order valence-electron chi connectivity index (χ3n) is 4.76. The van der Waals surface area contributed by atoms with Crippen molar-refractivity contribution in [2.45, 2.75) is 57.5 Å². The molecule has 3 heterocycles. The number of hydrogen-bond acceptors (Lipinski definition) is 13. The van der Waals surface area contributed by atoms with Gasteiger partial charge >= 0.3 is 23.8 Å². The molecule has 4 N–H and O–H groups in total. The highest BCUT2D eigenvalue weighted by Crippen LogP contribution is 2.37. The predicted molar refractivity (Wildman–Crippen MR) is 103 cm³/mol. The lowest BCUT2D eigenvalue weighted by Crippen LogP contribution is -2.42. The van der Waals surface area contributed by atoms with Crippen LogP contribution in [0.15, 0.2) is 17.1 Å². The fraction of sp³-hybridized carbons (Fsp3) is 0.611. The summed E-state index contributed by atoms with van der Waals surface area (Å²) >= 11 is 0. The molecule has 2 aliphatic rings. The van der Waals surface area contributed by atoms with Crippen LogP contribution in [0.3, 0.4) is 0 Å². The van der Waals surface area contributed by atoms with E-state index in [1.165, 1.54) is 19.2 Å². The van der Waals surface area contributed by atoms with Gasteiger partial charge in [0.05, 0.1) is 12.0 Å². The molecule has 0 saturated carbocycles. The number of nitrogens with one attached hydrogen (secondary N) is 1. The molecule has 0 bridgehead atoms. The van der Waals surface area contributed by atoms with Gasteiger partial charge in [-0.3, -0.25) is 9.36 Å². The number of esters is 1. The Morgan fingerprint density at radius 2 is 1.94 bits per heavy atom. The standard InChI is InChI=1S/C18H24N4O10/c1-7(2)15(24)28-6-9-12-13(31-18(27)30-12)14(29-9)22-5-4-10(20-17(22)26)21-32-16(25)11(19)8(3)23/h4-5,7-9,11-14,23H,6,19H2,1-3H3,(H,20,21,26)/t8-,9?,11+,12+,13+,14+/m0/s1. The smallest absolute Gasteiger partial charge is 0.463 e. The van der Waals surface area contributed by atoms with E-state index in [1.54, 1.807) is 13.8 Å². The number of anilines is 1. The molecule has 2 fully saturated rings. The first kappa shape index (κ1) is 23.4. The first-order chi connectivity index (χ1) is 15.1. The minimum atomic E-state index is -1.29. The molecule has 1 aromatic heterocycles. The topological polar surface area (TPSA) is 191 Å². The van der Waals surface area contributed by atoms with Gasteiger partial charge in [-0.25, -0.2) is 19.9 Å². The zero-order valence-electron chi connectivity index (χ0n) is 17.5. The molecule has 32 heavy (non-hydrogen) atoms. The Bertz CT molecular complexity index is 933. The average molecular weight is 456 g/mol. The van der Waals surface area contributed by atoms with E-state index in [2.05, 4.69) is 10.5 Å². The van der Waals surface area contributed by atoms with E-state index in [1.807, 2.05) is 0 Å². The molecule has 14 nitrogen and oxygen atoms in total. The third kappa shape index (κ3) is 4.98. The van der Waals surface area contributed by atoms with E-state index in [-0.39, 0.29) is 18.3 Å². The fourth-order valence-electron chi connectivity index (χ4n) is 2.95. The first-order valence-corrected chi connectivity index (χ1v) is 9.77. The van der Waals surface area contributed by atoms with Gasteiger partial charge in [-0.15, -0.1) is 0 Å². The minimum absolute atomic E-state index is 0.117. The number of carbonyl (C=O) groups is 3. The SMILES string of the molecule is CC(C)C(=O)OCC1O[C@@H](n2ccc(NOC(=O)[C@H](N)[C@H](C)O)nc2=O)[C@@H]2OC(=O)O[C@H]12. The number of aromatic nitrogens is 2. The highest BCUT2D eigenvalue weighted by atomic mass is 16.8. The number of rotatable bonds is 8.